The number of alkyl halides is 3. The maximum absolute atomic E-state index is 13.1. The van der Waals surface area contributed by atoms with Crippen LogP contribution in [0.5, 0.6) is 0 Å². The predicted molar refractivity (Wildman–Crippen MR) is 110 cm³/mol. The second-order valence-corrected chi connectivity index (χ2v) is 6.70. The largest absolute Gasteiger partial charge is 0.433 e. The molecule has 0 atom stereocenters. The molecular formula is C21H12F3N7O. The van der Waals surface area contributed by atoms with Crippen molar-refractivity contribution >= 4 is 28.2 Å². The standard InChI is InChI=1S/C21H12F3N7O/c22-21(23,24)16-10-5-9-14(26-16)17-29-18-12-6-1-2-7-13(12)27-20(31(18)30-17)28-15-8-3-4-11-25-19(15)32/h1-11H,(H,25,27,28,32). The molecule has 5 rings (SSSR count). The molecule has 11 heteroatoms. The van der Waals surface area contributed by atoms with Crippen LogP contribution in [0.1, 0.15) is 5.69 Å². The van der Waals surface area contributed by atoms with Crippen molar-refractivity contribution in [3.63, 3.8) is 0 Å². The Hall–Kier alpha value is -4.41. The van der Waals surface area contributed by atoms with Gasteiger partial charge in [0.05, 0.1) is 5.52 Å². The van der Waals surface area contributed by atoms with E-state index < -0.39 is 17.4 Å². The summed E-state index contributed by atoms with van der Waals surface area (Å²) in [5.74, 6) is 0.130. The second-order valence-electron chi connectivity index (χ2n) is 6.70. The number of benzene rings is 1. The first-order valence-corrected chi connectivity index (χ1v) is 9.33. The van der Waals surface area contributed by atoms with Crippen molar-refractivity contribution in [2.24, 2.45) is 0 Å². The van der Waals surface area contributed by atoms with E-state index in [1.807, 2.05) is 0 Å². The van der Waals surface area contributed by atoms with Crippen molar-refractivity contribution in [2.75, 3.05) is 5.32 Å². The van der Waals surface area contributed by atoms with Gasteiger partial charge in [-0.05, 0) is 36.4 Å². The highest BCUT2D eigenvalue weighted by Gasteiger charge is 2.32. The van der Waals surface area contributed by atoms with Gasteiger partial charge in [0.25, 0.3) is 5.56 Å². The Morgan fingerprint density at radius 3 is 2.53 bits per heavy atom. The van der Waals surface area contributed by atoms with E-state index >= 15 is 0 Å². The van der Waals surface area contributed by atoms with Gasteiger partial charge in [0.2, 0.25) is 11.8 Å². The maximum atomic E-state index is 13.1. The molecule has 32 heavy (non-hydrogen) atoms. The number of rotatable bonds is 3. The van der Waals surface area contributed by atoms with Gasteiger partial charge in [-0.1, -0.05) is 24.3 Å². The maximum Gasteiger partial charge on any atom is 0.433 e. The van der Waals surface area contributed by atoms with Gasteiger partial charge >= 0.3 is 6.18 Å². The van der Waals surface area contributed by atoms with E-state index in [2.05, 4.69) is 30.4 Å². The van der Waals surface area contributed by atoms with E-state index in [0.717, 1.165) is 6.07 Å². The number of nitrogens with one attached hydrogen (secondary N) is 1. The summed E-state index contributed by atoms with van der Waals surface area (Å²) in [7, 11) is 0. The highest BCUT2D eigenvalue weighted by molar-refractivity contribution is 5.93. The van der Waals surface area contributed by atoms with Crippen LogP contribution < -0.4 is 10.9 Å². The number of aromatic nitrogens is 6. The topological polar surface area (TPSA) is 98.0 Å². The summed E-state index contributed by atoms with van der Waals surface area (Å²) in [6.45, 7) is 0. The molecule has 0 unspecified atom stereocenters. The zero-order valence-corrected chi connectivity index (χ0v) is 16.1. The fraction of sp³-hybridized carbons (Fsp3) is 0.0476. The van der Waals surface area contributed by atoms with E-state index in [9.17, 15) is 18.0 Å². The van der Waals surface area contributed by atoms with Crippen molar-refractivity contribution < 1.29 is 13.2 Å². The minimum absolute atomic E-state index is 0.0172. The average Bonchev–Trinajstić information content (AvgIpc) is 3.14. The summed E-state index contributed by atoms with van der Waals surface area (Å²) >= 11 is 0. The SMILES string of the molecule is O=c1nccccc1Nc1nc2ccccc2c2nc(-c3cccc(C(F)(F)F)n3)nn12. The molecule has 0 saturated carbocycles. The molecule has 4 heterocycles. The van der Waals surface area contributed by atoms with Gasteiger partial charge in [0.1, 0.15) is 17.1 Å². The third-order valence-electron chi connectivity index (χ3n) is 4.58. The summed E-state index contributed by atoms with van der Waals surface area (Å²) in [5, 5.41) is 7.86. The fourth-order valence-corrected chi connectivity index (χ4v) is 3.13. The number of nitrogens with zero attached hydrogens (tertiary/aromatic N) is 6. The van der Waals surface area contributed by atoms with E-state index in [1.54, 1.807) is 36.4 Å². The minimum Gasteiger partial charge on any atom is -0.319 e. The Morgan fingerprint density at radius 1 is 0.875 bits per heavy atom. The zero-order valence-electron chi connectivity index (χ0n) is 16.1. The number of para-hydroxylation sites is 1. The third kappa shape index (κ3) is 3.49. The third-order valence-corrected chi connectivity index (χ3v) is 4.58. The van der Waals surface area contributed by atoms with Crippen LogP contribution in [0.25, 0.3) is 28.1 Å². The van der Waals surface area contributed by atoms with Crippen LogP contribution in [0.15, 0.2) is 71.7 Å². The minimum atomic E-state index is -4.60. The molecule has 5 aromatic rings. The lowest BCUT2D eigenvalue weighted by Gasteiger charge is -2.07. The summed E-state index contributed by atoms with van der Waals surface area (Å²) in [6.07, 6.45) is -3.24. The van der Waals surface area contributed by atoms with Crippen molar-refractivity contribution in [1.82, 2.24) is 29.5 Å². The summed E-state index contributed by atoms with van der Waals surface area (Å²) < 4.78 is 40.6. The van der Waals surface area contributed by atoms with E-state index in [0.29, 0.717) is 16.6 Å². The Labute approximate surface area is 177 Å². The molecule has 0 spiro atoms. The normalized spacial score (nSPS) is 11.7. The average molecular weight is 435 g/mol. The first-order chi connectivity index (χ1) is 15.4. The van der Waals surface area contributed by atoms with Gasteiger partial charge in [-0.2, -0.15) is 17.7 Å². The van der Waals surface area contributed by atoms with Crippen LogP contribution >= 0.6 is 0 Å². The van der Waals surface area contributed by atoms with E-state index in [1.165, 1.54) is 28.9 Å². The van der Waals surface area contributed by atoms with Gasteiger partial charge < -0.3 is 5.32 Å². The Balaban J connectivity index is 1.73. The number of fused-ring (bicyclic) bond motifs is 3. The number of hydrogen-bond acceptors (Lipinski definition) is 7. The zero-order chi connectivity index (χ0) is 22.3. The summed E-state index contributed by atoms with van der Waals surface area (Å²) in [4.78, 5) is 28.6. The number of anilines is 2. The number of pyridine rings is 1. The summed E-state index contributed by atoms with van der Waals surface area (Å²) in [6, 6.07) is 15.4. The van der Waals surface area contributed by atoms with Gasteiger partial charge in [-0.25, -0.2) is 19.9 Å². The van der Waals surface area contributed by atoms with Crippen LogP contribution in [0.4, 0.5) is 24.8 Å². The molecule has 0 saturated heterocycles. The molecule has 0 aliphatic carbocycles. The Kier molecular flexibility index (Phi) is 4.51. The fourth-order valence-electron chi connectivity index (χ4n) is 3.13. The highest BCUT2D eigenvalue weighted by atomic mass is 19.4. The first kappa shape index (κ1) is 19.5. The predicted octanol–water partition coefficient (Wildman–Crippen LogP) is 3.86. The van der Waals surface area contributed by atoms with E-state index in [4.69, 9.17) is 0 Å². The quantitative estimate of drug-likeness (QED) is 0.460. The van der Waals surface area contributed by atoms with Crippen LogP contribution in [0.3, 0.4) is 0 Å². The van der Waals surface area contributed by atoms with E-state index in [-0.39, 0.29) is 23.2 Å². The first-order valence-electron chi connectivity index (χ1n) is 9.33. The van der Waals surface area contributed by atoms with Gasteiger partial charge in [-0.15, -0.1) is 5.10 Å². The van der Waals surface area contributed by atoms with Crippen LogP contribution in [-0.4, -0.2) is 29.5 Å². The van der Waals surface area contributed by atoms with Crippen LogP contribution in [-0.2, 0) is 6.18 Å². The molecule has 0 fully saturated rings. The molecule has 0 aliphatic rings. The molecule has 0 amide bonds. The number of halogens is 3. The Bertz CT molecular complexity index is 1530. The monoisotopic (exact) mass is 435 g/mol. The molecular weight excluding hydrogens is 423 g/mol. The van der Waals surface area contributed by atoms with Crippen molar-refractivity contribution in [3.05, 3.63) is 82.9 Å². The molecule has 0 radical (unpaired) electrons. The molecule has 158 valence electrons. The molecule has 1 N–H and O–H groups in total. The summed E-state index contributed by atoms with van der Waals surface area (Å²) in [5.41, 5.74) is -0.566. The van der Waals surface area contributed by atoms with Gasteiger partial charge in [0.15, 0.2) is 5.65 Å². The highest BCUT2D eigenvalue weighted by Crippen LogP contribution is 2.29. The molecule has 0 bridgehead atoms. The van der Waals surface area contributed by atoms with Crippen LogP contribution in [0, 0.1) is 0 Å². The van der Waals surface area contributed by atoms with Crippen molar-refractivity contribution in [3.8, 4) is 11.5 Å². The van der Waals surface area contributed by atoms with Crippen molar-refractivity contribution in [2.45, 2.75) is 6.18 Å². The van der Waals surface area contributed by atoms with Crippen molar-refractivity contribution in [1.29, 1.82) is 0 Å². The van der Waals surface area contributed by atoms with Gasteiger partial charge in [0, 0.05) is 11.6 Å². The lowest BCUT2D eigenvalue weighted by molar-refractivity contribution is -0.141. The smallest absolute Gasteiger partial charge is 0.319 e. The lowest BCUT2D eigenvalue weighted by atomic mass is 10.2. The van der Waals surface area contributed by atoms with Gasteiger partial charge in [-0.3, -0.25) is 4.79 Å². The van der Waals surface area contributed by atoms with Crippen LogP contribution in [0.2, 0.25) is 0 Å². The lowest BCUT2D eigenvalue weighted by Crippen LogP contribution is -2.11. The molecule has 0 aliphatic heterocycles. The molecule has 4 aromatic heterocycles. The Morgan fingerprint density at radius 2 is 1.69 bits per heavy atom. The molecule has 8 nitrogen and oxygen atoms in total. The molecule has 1 aromatic carbocycles. The second kappa shape index (κ2) is 7.38. The number of hydrogen-bond donors (Lipinski definition) is 1.